The summed E-state index contributed by atoms with van der Waals surface area (Å²) in [7, 11) is 1.49. The molecule has 3 aromatic carbocycles. The number of ether oxygens (including phenoxy) is 3. The minimum atomic E-state index is -0.376. The van der Waals surface area contributed by atoms with E-state index in [9.17, 15) is 14.4 Å². The highest BCUT2D eigenvalue weighted by molar-refractivity contribution is 8.18. The number of hydrogen-bond donors (Lipinski definition) is 1. The van der Waals surface area contributed by atoms with Crippen molar-refractivity contribution in [3.8, 4) is 17.2 Å². The van der Waals surface area contributed by atoms with Gasteiger partial charge in [0, 0.05) is 5.69 Å². The molecule has 1 aliphatic rings. The van der Waals surface area contributed by atoms with Crippen LogP contribution in [0.2, 0.25) is 0 Å². The molecule has 1 heterocycles. The van der Waals surface area contributed by atoms with Crippen LogP contribution in [-0.4, -0.2) is 48.8 Å². The van der Waals surface area contributed by atoms with Crippen LogP contribution in [0, 0.1) is 13.8 Å². The highest BCUT2D eigenvalue weighted by atomic mass is 32.2. The number of nitrogens with one attached hydrogen (secondary N) is 1. The van der Waals surface area contributed by atoms with Gasteiger partial charge in [-0.25, -0.2) is 0 Å². The normalized spacial score (nSPS) is 14.1. The van der Waals surface area contributed by atoms with E-state index in [1.54, 1.807) is 24.3 Å². The maximum absolute atomic E-state index is 12.8. The number of amides is 3. The van der Waals surface area contributed by atoms with Crippen molar-refractivity contribution in [2.75, 3.05) is 32.2 Å². The molecule has 1 N–H and O–H groups in total. The first-order chi connectivity index (χ1) is 18.3. The third-order valence-electron chi connectivity index (χ3n) is 5.71. The molecule has 0 spiro atoms. The lowest BCUT2D eigenvalue weighted by Crippen LogP contribution is -2.32. The standard InChI is InChI=1S/C29H28N2O6S/c1-19-9-10-20(2)23(15-19)30-27(32)18-37-24-12-11-21(16-25(24)35-3)17-26-28(33)31(29(34)38-26)13-14-36-22-7-5-4-6-8-22/h4-12,15-17H,13-14,18H2,1-3H3,(H,30,32)/b26-17-. The van der Waals surface area contributed by atoms with E-state index < -0.39 is 0 Å². The molecule has 1 fully saturated rings. The number of methoxy groups -OCH3 is 1. The van der Waals surface area contributed by atoms with Gasteiger partial charge in [0.15, 0.2) is 18.1 Å². The number of carbonyl (C=O) groups excluding carboxylic acids is 3. The lowest BCUT2D eigenvalue weighted by atomic mass is 10.1. The second kappa shape index (κ2) is 12.3. The first-order valence-electron chi connectivity index (χ1n) is 11.9. The van der Waals surface area contributed by atoms with Crippen molar-refractivity contribution in [2.45, 2.75) is 13.8 Å². The molecule has 1 aliphatic heterocycles. The number of hydrogen-bond acceptors (Lipinski definition) is 7. The summed E-state index contributed by atoms with van der Waals surface area (Å²) in [5.74, 6) is 0.779. The Hall–Kier alpha value is -4.24. The fourth-order valence-electron chi connectivity index (χ4n) is 3.71. The Balaban J connectivity index is 1.36. The summed E-state index contributed by atoms with van der Waals surface area (Å²) in [6.07, 6.45) is 1.63. The highest BCUT2D eigenvalue weighted by Crippen LogP contribution is 2.34. The molecule has 0 bridgehead atoms. The molecule has 0 saturated carbocycles. The largest absolute Gasteiger partial charge is 0.493 e. The van der Waals surface area contributed by atoms with Crippen LogP contribution >= 0.6 is 11.8 Å². The third-order valence-corrected chi connectivity index (χ3v) is 6.62. The molecule has 1 saturated heterocycles. The molecule has 0 unspecified atom stereocenters. The Bertz CT molecular complexity index is 1370. The maximum Gasteiger partial charge on any atom is 0.293 e. The van der Waals surface area contributed by atoms with Gasteiger partial charge in [-0.05, 0) is 78.7 Å². The number of benzene rings is 3. The topological polar surface area (TPSA) is 94.2 Å². The fourth-order valence-corrected chi connectivity index (χ4v) is 4.57. The number of thioether (sulfide) groups is 1. The molecule has 0 aliphatic carbocycles. The van der Waals surface area contributed by atoms with E-state index >= 15 is 0 Å². The molecule has 3 amide bonds. The van der Waals surface area contributed by atoms with Crippen molar-refractivity contribution < 1.29 is 28.6 Å². The number of imide groups is 1. The summed E-state index contributed by atoms with van der Waals surface area (Å²) in [5.41, 5.74) is 3.39. The zero-order valence-electron chi connectivity index (χ0n) is 21.4. The van der Waals surface area contributed by atoms with Gasteiger partial charge in [-0.15, -0.1) is 0 Å². The molecule has 0 radical (unpaired) electrons. The first-order valence-corrected chi connectivity index (χ1v) is 12.8. The van der Waals surface area contributed by atoms with Crippen molar-refractivity contribution in [1.29, 1.82) is 0 Å². The van der Waals surface area contributed by atoms with Crippen LogP contribution < -0.4 is 19.5 Å². The van der Waals surface area contributed by atoms with Crippen molar-refractivity contribution in [3.05, 3.63) is 88.3 Å². The SMILES string of the molecule is COc1cc(/C=C2\SC(=O)N(CCOc3ccccc3)C2=O)ccc1OCC(=O)Nc1cc(C)ccc1C. The Morgan fingerprint density at radius 1 is 0.974 bits per heavy atom. The van der Waals surface area contributed by atoms with Gasteiger partial charge in [0.2, 0.25) is 0 Å². The van der Waals surface area contributed by atoms with Gasteiger partial charge in [-0.3, -0.25) is 19.3 Å². The maximum atomic E-state index is 12.8. The Kier molecular flexibility index (Phi) is 8.70. The zero-order valence-corrected chi connectivity index (χ0v) is 22.2. The molecule has 9 heteroatoms. The molecular weight excluding hydrogens is 504 g/mol. The third kappa shape index (κ3) is 6.74. The van der Waals surface area contributed by atoms with Crippen molar-refractivity contribution in [2.24, 2.45) is 0 Å². The van der Waals surface area contributed by atoms with E-state index in [-0.39, 0.29) is 36.8 Å². The molecule has 8 nitrogen and oxygen atoms in total. The minimum absolute atomic E-state index is 0.150. The average molecular weight is 533 g/mol. The molecule has 38 heavy (non-hydrogen) atoms. The van der Waals surface area contributed by atoms with E-state index in [2.05, 4.69) is 5.32 Å². The summed E-state index contributed by atoms with van der Waals surface area (Å²) in [6, 6.07) is 20.1. The molecule has 4 rings (SSSR count). The van der Waals surface area contributed by atoms with Gasteiger partial charge < -0.3 is 19.5 Å². The molecular formula is C29H28N2O6S. The van der Waals surface area contributed by atoms with Gasteiger partial charge in [0.1, 0.15) is 12.4 Å². The lowest BCUT2D eigenvalue weighted by Gasteiger charge is -2.13. The Morgan fingerprint density at radius 3 is 2.53 bits per heavy atom. The molecule has 0 atom stereocenters. The average Bonchev–Trinajstić information content (AvgIpc) is 3.17. The van der Waals surface area contributed by atoms with Crippen molar-refractivity contribution in [1.82, 2.24) is 4.90 Å². The summed E-state index contributed by atoms with van der Waals surface area (Å²) >= 11 is 0.876. The second-order valence-electron chi connectivity index (χ2n) is 8.56. The zero-order chi connectivity index (χ0) is 27.1. The second-order valence-corrected chi connectivity index (χ2v) is 9.55. The summed E-state index contributed by atoms with van der Waals surface area (Å²) in [6.45, 7) is 4.03. The molecule has 196 valence electrons. The van der Waals surface area contributed by atoms with Gasteiger partial charge in [0.05, 0.1) is 18.6 Å². The van der Waals surface area contributed by atoms with Gasteiger partial charge >= 0.3 is 0 Å². The van der Waals surface area contributed by atoms with Gasteiger partial charge in [-0.1, -0.05) is 36.4 Å². The monoisotopic (exact) mass is 532 g/mol. The summed E-state index contributed by atoms with van der Waals surface area (Å²) in [5, 5.41) is 2.51. The summed E-state index contributed by atoms with van der Waals surface area (Å²) < 4.78 is 16.7. The van der Waals surface area contributed by atoms with Gasteiger partial charge in [-0.2, -0.15) is 0 Å². The van der Waals surface area contributed by atoms with E-state index in [1.165, 1.54) is 12.0 Å². The van der Waals surface area contributed by atoms with Crippen LogP contribution in [0.3, 0.4) is 0 Å². The minimum Gasteiger partial charge on any atom is -0.493 e. The number of nitrogens with zero attached hydrogens (tertiary/aromatic N) is 1. The van der Waals surface area contributed by atoms with E-state index in [1.807, 2.05) is 62.4 Å². The van der Waals surface area contributed by atoms with Crippen molar-refractivity contribution >= 4 is 40.6 Å². The number of aryl methyl sites for hydroxylation is 2. The Labute approximate surface area is 225 Å². The lowest BCUT2D eigenvalue weighted by molar-refractivity contribution is -0.123. The first kappa shape index (κ1) is 26.8. The Morgan fingerprint density at radius 2 is 1.76 bits per heavy atom. The van der Waals surface area contributed by atoms with E-state index in [4.69, 9.17) is 14.2 Å². The smallest absolute Gasteiger partial charge is 0.293 e. The number of para-hydroxylation sites is 1. The van der Waals surface area contributed by atoms with Crippen LogP contribution in [0.5, 0.6) is 17.2 Å². The van der Waals surface area contributed by atoms with Gasteiger partial charge in [0.25, 0.3) is 17.1 Å². The quantitative estimate of drug-likeness (QED) is 0.347. The van der Waals surface area contributed by atoms with Crippen LogP contribution in [0.1, 0.15) is 16.7 Å². The fraction of sp³-hybridized carbons (Fsp3) is 0.207. The molecule has 3 aromatic rings. The number of carbonyl (C=O) groups is 3. The number of rotatable bonds is 10. The van der Waals surface area contributed by atoms with Crippen LogP contribution in [0.15, 0.2) is 71.6 Å². The molecule has 0 aromatic heterocycles. The van der Waals surface area contributed by atoms with E-state index in [0.29, 0.717) is 27.7 Å². The van der Waals surface area contributed by atoms with Crippen LogP contribution in [0.4, 0.5) is 10.5 Å². The highest BCUT2D eigenvalue weighted by Gasteiger charge is 2.34. The number of anilines is 1. The summed E-state index contributed by atoms with van der Waals surface area (Å²) in [4.78, 5) is 39.1. The van der Waals surface area contributed by atoms with Crippen LogP contribution in [-0.2, 0) is 9.59 Å². The predicted octanol–water partition coefficient (Wildman–Crippen LogP) is 5.44. The van der Waals surface area contributed by atoms with Crippen molar-refractivity contribution in [3.63, 3.8) is 0 Å². The van der Waals surface area contributed by atoms with E-state index in [0.717, 1.165) is 28.6 Å². The predicted molar refractivity (Wildman–Crippen MR) is 148 cm³/mol. The van der Waals surface area contributed by atoms with Crippen LogP contribution in [0.25, 0.3) is 6.08 Å².